The van der Waals surface area contributed by atoms with Crippen molar-refractivity contribution in [1.29, 1.82) is 0 Å². The molecule has 13 nitrogen and oxygen atoms in total. The predicted octanol–water partition coefficient (Wildman–Crippen LogP) is 2.37. The second-order valence-electron chi connectivity index (χ2n) is 11.7. The third-order valence-corrected chi connectivity index (χ3v) is 10.7. The van der Waals surface area contributed by atoms with Crippen LogP contribution in [-0.2, 0) is 20.2 Å². The van der Waals surface area contributed by atoms with Gasteiger partial charge in [-0.05, 0) is 69.0 Å². The zero-order valence-corrected chi connectivity index (χ0v) is 27.9. The van der Waals surface area contributed by atoms with E-state index < -0.39 is 20.2 Å². The maximum Gasteiger partial charge on any atom is 0.276 e. The summed E-state index contributed by atoms with van der Waals surface area (Å²) in [5, 5.41) is 7.25. The average Bonchev–Trinajstić information content (AvgIpc) is 3.39. The highest BCUT2D eigenvalue weighted by molar-refractivity contribution is 7.88. The normalized spacial score (nSPS) is 17.5. The van der Waals surface area contributed by atoms with Crippen molar-refractivity contribution in [1.82, 2.24) is 28.5 Å². The lowest BCUT2D eigenvalue weighted by Gasteiger charge is -2.23. The minimum atomic E-state index is -3.63. The molecule has 0 amide bonds. The molecule has 242 valence electrons. The van der Waals surface area contributed by atoms with Crippen LogP contribution in [0.3, 0.4) is 0 Å². The van der Waals surface area contributed by atoms with Crippen molar-refractivity contribution in [3.8, 4) is 0 Å². The Kier molecular flexibility index (Phi) is 9.84. The molecule has 0 spiro atoms. The van der Waals surface area contributed by atoms with Crippen molar-refractivity contribution < 1.29 is 16.8 Å². The van der Waals surface area contributed by atoms with Crippen molar-refractivity contribution in [2.24, 2.45) is 5.14 Å². The maximum absolute atomic E-state index is 11.8. The number of fused-ring (bicyclic) bond motifs is 2. The molecular formula is C30H41N9O4S2. The molecule has 2 aliphatic rings. The van der Waals surface area contributed by atoms with E-state index in [9.17, 15) is 16.8 Å². The van der Waals surface area contributed by atoms with Crippen LogP contribution < -0.4 is 14.9 Å². The first-order valence-corrected chi connectivity index (χ1v) is 18.3. The Morgan fingerprint density at radius 2 is 1.16 bits per heavy atom. The van der Waals surface area contributed by atoms with E-state index in [1.54, 1.807) is 17.0 Å². The summed E-state index contributed by atoms with van der Waals surface area (Å²) in [6.45, 7) is 10.8. The largest absolute Gasteiger partial charge is 0.355 e. The number of aryl methyl sites for hydroxylation is 3. The van der Waals surface area contributed by atoms with Gasteiger partial charge in [-0.3, -0.25) is 0 Å². The first kappa shape index (κ1) is 32.9. The molecular weight excluding hydrogens is 615 g/mol. The summed E-state index contributed by atoms with van der Waals surface area (Å²) in [5.41, 5.74) is 5.39. The first-order valence-electron chi connectivity index (χ1n) is 15.0. The number of sulfonamides is 1. The maximum atomic E-state index is 11.8. The van der Waals surface area contributed by atoms with E-state index in [4.69, 9.17) is 5.14 Å². The second kappa shape index (κ2) is 13.5. The Morgan fingerprint density at radius 1 is 0.622 bits per heavy atom. The first-order chi connectivity index (χ1) is 21.3. The lowest BCUT2D eigenvalue weighted by atomic mass is 10.1. The van der Waals surface area contributed by atoms with E-state index in [1.165, 1.54) is 21.7 Å². The topological polar surface area (TPSA) is 159 Å². The monoisotopic (exact) mass is 655 g/mol. The number of anilines is 2. The highest BCUT2D eigenvalue weighted by Crippen LogP contribution is 2.27. The Labute approximate surface area is 265 Å². The summed E-state index contributed by atoms with van der Waals surface area (Å²) in [7, 11) is -6.77. The molecule has 4 heterocycles. The van der Waals surface area contributed by atoms with Crippen molar-refractivity contribution in [3.05, 3.63) is 59.7 Å². The van der Waals surface area contributed by atoms with E-state index in [1.807, 2.05) is 19.1 Å². The van der Waals surface area contributed by atoms with Crippen LogP contribution in [-0.4, -0.2) is 104 Å². The molecule has 0 unspecified atom stereocenters. The summed E-state index contributed by atoms with van der Waals surface area (Å²) >= 11 is 0. The van der Waals surface area contributed by atoms with Gasteiger partial charge in [0, 0.05) is 63.1 Å². The van der Waals surface area contributed by atoms with Gasteiger partial charge in [-0.25, -0.2) is 37.8 Å². The summed E-state index contributed by atoms with van der Waals surface area (Å²) in [4.78, 5) is 21.8. The molecule has 2 saturated heterocycles. The van der Waals surface area contributed by atoms with Gasteiger partial charge in [0.2, 0.25) is 10.0 Å². The second-order valence-corrected chi connectivity index (χ2v) is 15.2. The minimum Gasteiger partial charge on any atom is -0.355 e. The molecule has 15 heteroatoms. The van der Waals surface area contributed by atoms with E-state index >= 15 is 0 Å². The van der Waals surface area contributed by atoms with Gasteiger partial charge in [0.05, 0.1) is 17.3 Å². The molecule has 2 aromatic carbocycles. The van der Waals surface area contributed by atoms with Gasteiger partial charge in [0.15, 0.2) is 0 Å². The highest BCUT2D eigenvalue weighted by atomic mass is 32.2. The Bertz CT molecular complexity index is 1900. The van der Waals surface area contributed by atoms with Gasteiger partial charge in [-0.15, -0.1) is 0 Å². The van der Waals surface area contributed by atoms with Gasteiger partial charge < -0.3 is 9.80 Å². The van der Waals surface area contributed by atoms with Gasteiger partial charge in [0.1, 0.15) is 24.3 Å². The van der Waals surface area contributed by atoms with Crippen molar-refractivity contribution >= 4 is 53.7 Å². The van der Waals surface area contributed by atoms with Crippen LogP contribution in [0.2, 0.25) is 0 Å². The third kappa shape index (κ3) is 7.84. The molecule has 2 aliphatic heterocycles. The number of benzene rings is 2. The van der Waals surface area contributed by atoms with E-state index in [2.05, 4.69) is 61.8 Å². The van der Waals surface area contributed by atoms with Crippen LogP contribution in [0.25, 0.3) is 21.8 Å². The minimum absolute atomic E-state index is 0.371. The van der Waals surface area contributed by atoms with Crippen LogP contribution in [0.1, 0.15) is 29.5 Å². The number of hydrogen-bond acceptors (Lipinski definition) is 10. The molecule has 0 bridgehead atoms. The predicted molar refractivity (Wildman–Crippen MR) is 178 cm³/mol. The number of hydrogen-bond donors (Lipinski definition) is 1. The highest BCUT2D eigenvalue weighted by Gasteiger charge is 2.24. The van der Waals surface area contributed by atoms with E-state index in [0.717, 1.165) is 58.5 Å². The van der Waals surface area contributed by atoms with Gasteiger partial charge in [-0.1, -0.05) is 11.6 Å². The van der Waals surface area contributed by atoms with Crippen molar-refractivity contribution in [2.45, 2.75) is 33.6 Å². The molecule has 2 aromatic heterocycles. The summed E-state index contributed by atoms with van der Waals surface area (Å²) in [5.74, 6) is 1.75. The van der Waals surface area contributed by atoms with Crippen molar-refractivity contribution in [2.75, 3.05) is 68.4 Å². The third-order valence-electron chi connectivity index (χ3n) is 8.34. The molecule has 2 N–H and O–H groups in total. The van der Waals surface area contributed by atoms with Crippen LogP contribution in [0.5, 0.6) is 0 Å². The Balaban J connectivity index is 0.000000178. The molecule has 0 radical (unpaired) electrons. The molecule has 45 heavy (non-hydrogen) atoms. The SMILES string of the molecule is Cc1cc2ncnc(N3CCCN(S(C)(=O)=O)CC3)c2cc1C.Cc1ccc2ncnc(N3CCCN(S(N)(=O)=O)CC3)c2c1. The number of rotatable bonds is 4. The standard InChI is InChI=1S/C16H22N4O2S.C14H19N5O2S/c1-12-9-14-15(10-13(12)2)17-11-18-16(14)19-5-4-6-20(8-7-19)23(3,21)22;1-11-3-4-13-12(9-11)14(17-10-16-13)18-5-2-6-19(8-7-18)22(15,20)21/h9-11H,4-8H2,1-3H3;3-4,9-10H,2,5-8H2,1H3,(H2,15,20,21). The summed E-state index contributed by atoms with van der Waals surface area (Å²) in [6, 6.07) is 10.3. The average molecular weight is 656 g/mol. The smallest absolute Gasteiger partial charge is 0.276 e. The number of nitrogens with zero attached hydrogens (tertiary/aromatic N) is 8. The Hall–Kier alpha value is -3.50. The molecule has 2 fully saturated rings. The zero-order valence-electron chi connectivity index (χ0n) is 26.2. The summed E-state index contributed by atoms with van der Waals surface area (Å²) < 4.78 is 49.4. The quantitative estimate of drug-likeness (QED) is 0.346. The summed E-state index contributed by atoms with van der Waals surface area (Å²) in [6.07, 6.45) is 5.92. The fourth-order valence-corrected chi connectivity index (χ4v) is 7.35. The van der Waals surface area contributed by atoms with Crippen LogP contribution >= 0.6 is 0 Å². The van der Waals surface area contributed by atoms with Gasteiger partial charge in [-0.2, -0.15) is 12.7 Å². The van der Waals surface area contributed by atoms with Crippen molar-refractivity contribution in [3.63, 3.8) is 0 Å². The Morgan fingerprint density at radius 3 is 1.76 bits per heavy atom. The molecule has 0 aliphatic carbocycles. The van der Waals surface area contributed by atoms with Gasteiger partial charge in [0.25, 0.3) is 10.2 Å². The molecule has 4 aromatic rings. The van der Waals surface area contributed by atoms with Crippen LogP contribution in [0.4, 0.5) is 11.6 Å². The van der Waals surface area contributed by atoms with Crippen LogP contribution in [0.15, 0.2) is 43.0 Å². The van der Waals surface area contributed by atoms with Gasteiger partial charge >= 0.3 is 0 Å². The molecule has 6 rings (SSSR count). The van der Waals surface area contributed by atoms with E-state index in [0.29, 0.717) is 45.7 Å². The lowest BCUT2D eigenvalue weighted by molar-refractivity contribution is 0.434. The zero-order chi connectivity index (χ0) is 32.4. The number of nitrogens with two attached hydrogens (primary N) is 1. The molecule has 0 atom stereocenters. The van der Waals surface area contributed by atoms with E-state index in [-0.39, 0.29) is 0 Å². The van der Waals surface area contributed by atoms with Crippen LogP contribution in [0, 0.1) is 20.8 Å². The fourth-order valence-electron chi connectivity index (χ4n) is 5.76. The molecule has 0 saturated carbocycles. The fraction of sp³-hybridized carbons (Fsp3) is 0.467. The number of aromatic nitrogens is 4. The lowest BCUT2D eigenvalue weighted by Crippen LogP contribution is -2.39.